The summed E-state index contributed by atoms with van der Waals surface area (Å²) in [7, 11) is 1.65. The number of aliphatic hydroxyl groups is 1. The van der Waals surface area contributed by atoms with Crippen molar-refractivity contribution in [3.05, 3.63) is 0 Å². The summed E-state index contributed by atoms with van der Waals surface area (Å²) < 4.78 is 26.2. The summed E-state index contributed by atoms with van der Waals surface area (Å²) in [6, 6.07) is -1.07. The minimum atomic E-state index is -2.72. The van der Waals surface area contributed by atoms with E-state index in [1.54, 1.807) is 11.9 Å². The average Bonchev–Trinajstić information content (AvgIpc) is 2.21. The molecule has 0 spiro atoms. The standard InChI is InChI=1S/C8H15F2NO/c1-3-6-4-8(9,10)7(5-12)11(6)2/h6-7,12H,3-5H2,1-2H3. The fourth-order valence-electron chi connectivity index (χ4n) is 1.84. The van der Waals surface area contributed by atoms with Gasteiger partial charge in [0.1, 0.15) is 0 Å². The van der Waals surface area contributed by atoms with Gasteiger partial charge in [-0.05, 0) is 13.5 Å². The second-order valence-corrected chi connectivity index (χ2v) is 3.39. The Morgan fingerprint density at radius 3 is 2.42 bits per heavy atom. The van der Waals surface area contributed by atoms with Crippen LogP contribution in [0.2, 0.25) is 0 Å². The summed E-state index contributed by atoms with van der Waals surface area (Å²) >= 11 is 0. The molecule has 0 radical (unpaired) electrons. The van der Waals surface area contributed by atoms with Crippen molar-refractivity contribution < 1.29 is 13.9 Å². The van der Waals surface area contributed by atoms with E-state index in [9.17, 15) is 8.78 Å². The molecular formula is C8H15F2NO. The van der Waals surface area contributed by atoms with Crippen LogP contribution >= 0.6 is 0 Å². The van der Waals surface area contributed by atoms with Crippen LogP contribution < -0.4 is 0 Å². The van der Waals surface area contributed by atoms with Crippen LogP contribution in [0.25, 0.3) is 0 Å². The highest BCUT2D eigenvalue weighted by atomic mass is 19.3. The number of rotatable bonds is 2. The van der Waals surface area contributed by atoms with E-state index in [1.165, 1.54) is 0 Å². The maximum absolute atomic E-state index is 13.1. The summed E-state index contributed by atoms with van der Waals surface area (Å²) in [5.41, 5.74) is 0. The third-order valence-electron chi connectivity index (χ3n) is 2.71. The summed E-state index contributed by atoms with van der Waals surface area (Å²) in [6.45, 7) is 1.43. The molecule has 72 valence electrons. The largest absolute Gasteiger partial charge is 0.395 e. The fraction of sp³-hybridized carbons (Fsp3) is 1.00. The highest BCUT2D eigenvalue weighted by Gasteiger charge is 2.51. The first kappa shape index (κ1) is 9.86. The van der Waals surface area contributed by atoms with Crippen LogP contribution in [0.15, 0.2) is 0 Å². The Balaban J connectivity index is 2.72. The van der Waals surface area contributed by atoms with E-state index < -0.39 is 18.6 Å². The maximum atomic E-state index is 13.1. The maximum Gasteiger partial charge on any atom is 0.267 e. The van der Waals surface area contributed by atoms with E-state index >= 15 is 0 Å². The predicted octanol–water partition coefficient (Wildman–Crippen LogP) is 1.10. The Hall–Kier alpha value is -0.220. The predicted molar refractivity (Wildman–Crippen MR) is 42.3 cm³/mol. The Kier molecular flexibility index (Phi) is 2.68. The van der Waals surface area contributed by atoms with E-state index in [2.05, 4.69) is 0 Å². The monoisotopic (exact) mass is 179 g/mol. The van der Waals surface area contributed by atoms with Gasteiger partial charge in [0.25, 0.3) is 5.92 Å². The summed E-state index contributed by atoms with van der Waals surface area (Å²) in [5.74, 6) is -2.72. The molecule has 1 saturated heterocycles. The van der Waals surface area contributed by atoms with Crippen LogP contribution in [0.3, 0.4) is 0 Å². The number of alkyl halides is 2. The molecule has 1 aliphatic rings. The number of hydrogen-bond donors (Lipinski definition) is 1. The molecule has 12 heavy (non-hydrogen) atoms. The highest BCUT2D eigenvalue weighted by molar-refractivity contribution is 4.96. The average molecular weight is 179 g/mol. The molecule has 4 heteroatoms. The van der Waals surface area contributed by atoms with Crippen molar-refractivity contribution in [1.29, 1.82) is 0 Å². The summed E-state index contributed by atoms with van der Waals surface area (Å²) in [5, 5.41) is 8.76. The van der Waals surface area contributed by atoms with Crippen molar-refractivity contribution >= 4 is 0 Å². The second-order valence-electron chi connectivity index (χ2n) is 3.39. The van der Waals surface area contributed by atoms with E-state index in [1.807, 2.05) is 6.92 Å². The molecule has 0 bridgehead atoms. The first-order chi connectivity index (χ1) is 5.53. The Labute approximate surface area is 71.2 Å². The van der Waals surface area contributed by atoms with Gasteiger partial charge in [0, 0.05) is 12.5 Å². The lowest BCUT2D eigenvalue weighted by molar-refractivity contribution is -0.0470. The van der Waals surface area contributed by atoms with Crippen LogP contribution in [-0.2, 0) is 0 Å². The van der Waals surface area contributed by atoms with Crippen molar-refractivity contribution in [3.8, 4) is 0 Å². The number of hydrogen-bond acceptors (Lipinski definition) is 2. The van der Waals surface area contributed by atoms with Crippen molar-refractivity contribution in [2.24, 2.45) is 0 Å². The first-order valence-electron chi connectivity index (χ1n) is 4.23. The minimum absolute atomic E-state index is 0.0860. The van der Waals surface area contributed by atoms with Crippen molar-refractivity contribution in [2.45, 2.75) is 37.8 Å². The molecule has 1 N–H and O–H groups in total. The molecule has 2 unspecified atom stereocenters. The van der Waals surface area contributed by atoms with Crippen LogP contribution in [0.5, 0.6) is 0 Å². The zero-order valence-electron chi connectivity index (χ0n) is 7.43. The Morgan fingerprint density at radius 2 is 2.17 bits per heavy atom. The van der Waals surface area contributed by atoms with Crippen LogP contribution in [-0.4, -0.2) is 41.7 Å². The Bertz CT molecular complexity index is 163. The lowest BCUT2D eigenvalue weighted by Gasteiger charge is -2.24. The molecule has 0 saturated carbocycles. The molecule has 1 aliphatic heterocycles. The molecule has 0 aromatic rings. The third kappa shape index (κ3) is 1.45. The van der Waals surface area contributed by atoms with E-state index in [4.69, 9.17) is 5.11 Å². The smallest absolute Gasteiger partial charge is 0.267 e. The number of likely N-dealkylation sites (tertiary alicyclic amines) is 1. The molecule has 2 atom stereocenters. The number of halogens is 2. The van der Waals surface area contributed by atoms with Gasteiger partial charge in [0.05, 0.1) is 12.6 Å². The van der Waals surface area contributed by atoms with Gasteiger partial charge in [-0.15, -0.1) is 0 Å². The molecule has 1 rings (SSSR count). The first-order valence-corrected chi connectivity index (χ1v) is 4.23. The number of nitrogens with zero attached hydrogens (tertiary/aromatic N) is 1. The lowest BCUT2D eigenvalue weighted by atomic mass is 10.1. The molecule has 0 aliphatic carbocycles. The highest BCUT2D eigenvalue weighted by Crippen LogP contribution is 2.37. The van der Waals surface area contributed by atoms with Gasteiger partial charge in [-0.3, -0.25) is 4.90 Å². The van der Waals surface area contributed by atoms with Crippen molar-refractivity contribution in [1.82, 2.24) is 4.90 Å². The van der Waals surface area contributed by atoms with Gasteiger partial charge in [-0.25, -0.2) is 8.78 Å². The van der Waals surface area contributed by atoms with E-state index in [-0.39, 0.29) is 12.5 Å². The van der Waals surface area contributed by atoms with Gasteiger partial charge >= 0.3 is 0 Å². The van der Waals surface area contributed by atoms with Crippen molar-refractivity contribution in [3.63, 3.8) is 0 Å². The van der Waals surface area contributed by atoms with E-state index in [0.29, 0.717) is 6.42 Å². The molecule has 1 fully saturated rings. The molecule has 0 aromatic carbocycles. The van der Waals surface area contributed by atoms with Gasteiger partial charge in [-0.1, -0.05) is 6.92 Å². The minimum Gasteiger partial charge on any atom is -0.395 e. The number of likely N-dealkylation sites (N-methyl/N-ethyl adjacent to an activating group) is 1. The van der Waals surface area contributed by atoms with Gasteiger partial charge in [-0.2, -0.15) is 0 Å². The second kappa shape index (κ2) is 3.26. The Morgan fingerprint density at radius 1 is 1.58 bits per heavy atom. The van der Waals surface area contributed by atoms with Crippen LogP contribution in [0.4, 0.5) is 8.78 Å². The van der Waals surface area contributed by atoms with Gasteiger partial charge in [0.2, 0.25) is 0 Å². The third-order valence-corrected chi connectivity index (χ3v) is 2.71. The van der Waals surface area contributed by atoms with Crippen LogP contribution in [0.1, 0.15) is 19.8 Å². The van der Waals surface area contributed by atoms with Gasteiger partial charge < -0.3 is 5.11 Å². The quantitative estimate of drug-likeness (QED) is 0.686. The molecule has 2 nitrogen and oxygen atoms in total. The SMILES string of the molecule is CCC1CC(F)(F)C(CO)N1C. The summed E-state index contributed by atoms with van der Waals surface area (Å²) in [4.78, 5) is 1.58. The fourth-order valence-corrected chi connectivity index (χ4v) is 1.84. The van der Waals surface area contributed by atoms with Gasteiger partial charge in [0.15, 0.2) is 0 Å². The molecule has 0 amide bonds. The normalized spacial score (nSPS) is 35.8. The van der Waals surface area contributed by atoms with Crippen molar-refractivity contribution in [2.75, 3.05) is 13.7 Å². The zero-order chi connectivity index (χ0) is 9.35. The molecule has 0 aromatic heterocycles. The van der Waals surface area contributed by atoms with E-state index in [0.717, 1.165) is 0 Å². The summed E-state index contributed by atoms with van der Waals surface area (Å²) in [6.07, 6.45) is 0.591. The zero-order valence-corrected chi connectivity index (χ0v) is 7.43. The number of aliphatic hydroxyl groups excluding tert-OH is 1. The topological polar surface area (TPSA) is 23.5 Å². The van der Waals surface area contributed by atoms with Crippen LogP contribution in [0, 0.1) is 0 Å². The lowest BCUT2D eigenvalue weighted by Crippen LogP contribution is -2.41. The molecular weight excluding hydrogens is 164 g/mol. The molecule has 1 heterocycles.